The van der Waals surface area contributed by atoms with Gasteiger partial charge in [0.2, 0.25) is 0 Å². The Balaban J connectivity index is 2.04. The fourth-order valence-electron chi connectivity index (χ4n) is 1.96. The highest BCUT2D eigenvalue weighted by Crippen LogP contribution is 2.24. The van der Waals surface area contributed by atoms with E-state index in [1.165, 1.54) is 0 Å². The highest BCUT2D eigenvalue weighted by atomic mass is 35.5. The zero-order valence-corrected chi connectivity index (χ0v) is 10.5. The Morgan fingerprint density at radius 3 is 2.62 bits per heavy atom. The van der Waals surface area contributed by atoms with Crippen LogP contribution in [-0.4, -0.2) is 35.6 Å². The van der Waals surface area contributed by atoms with Crippen molar-refractivity contribution in [3.05, 3.63) is 17.5 Å². The van der Waals surface area contributed by atoms with E-state index in [1.807, 2.05) is 7.05 Å². The Kier molecular flexibility index (Phi) is 3.30. The summed E-state index contributed by atoms with van der Waals surface area (Å²) >= 11 is 5.83. The quantitative estimate of drug-likeness (QED) is 0.855. The highest BCUT2D eigenvalue weighted by molar-refractivity contribution is 6.29. The number of hydrogen-bond donors (Lipinski definition) is 1. The summed E-state index contributed by atoms with van der Waals surface area (Å²) in [7, 11) is 2.02. The lowest BCUT2D eigenvalue weighted by molar-refractivity contribution is 0.304. The molecule has 0 atom stereocenters. The molecule has 5 heteroatoms. The third kappa shape index (κ3) is 2.44. The first kappa shape index (κ1) is 11.6. The Bertz CT molecular complexity index is 361. The first-order chi connectivity index (χ1) is 7.63. The van der Waals surface area contributed by atoms with Gasteiger partial charge in [-0.1, -0.05) is 11.6 Å². The van der Waals surface area contributed by atoms with Crippen molar-refractivity contribution in [2.45, 2.75) is 25.3 Å². The van der Waals surface area contributed by atoms with Gasteiger partial charge in [0, 0.05) is 18.6 Å². The molecule has 0 saturated carbocycles. The van der Waals surface area contributed by atoms with Gasteiger partial charge < -0.3 is 10.2 Å². The number of halogens is 1. The van der Waals surface area contributed by atoms with E-state index in [4.69, 9.17) is 11.6 Å². The smallest absolute Gasteiger partial charge is 0.149 e. The van der Waals surface area contributed by atoms with Crippen LogP contribution >= 0.6 is 11.6 Å². The van der Waals surface area contributed by atoms with Gasteiger partial charge in [-0.05, 0) is 26.8 Å². The predicted molar refractivity (Wildman–Crippen MR) is 66.0 cm³/mol. The Morgan fingerprint density at radius 1 is 1.38 bits per heavy atom. The van der Waals surface area contributed by atoms with Crippen LogP contribution in [0.2, 0.25) is 5.15 Å². The molecule has 0 bridgehead atoms. The van der Waals surface area contributed by atoms with Crippen LogP contribution in [-0.2, 0) is 0 Å². The van der Waals surface area contributed by atoms with Crippen molar-refractivity contribution in [1.29, 1.82) is 0 Å². The standard InChI is InChI=1S/C11H17ClN4/c1-11(13-2)3-5-16(6-4-11)10-8-14-7-9(12)15-10/h7-8,13H,3-6H2,1-2H3. The average Bonchev–Trinajstić information content (AvgIpc) is 2.30. The molecule has 16 heavy (non-hydrogen) atoms. The molecule has 1 fully saturated rings. The maximum atomic E-state index is 5.83. The first-order valence-electron chi connectivity index (χ1n) is 5.54. The molecular formula is C11H17ClN4. The summed E-state index contributed by atoms with van der Waals surface area (Å²) in [6, 6.07) is 0. The number of nitrogens with zero attached hydrogens (tertiary/aromatic N) is 3. The Labute approximate surface area is 101 Å². The van der Waals surface area contributed by atoms with Crippen molar-refractivity contribution < 1.29 is 0 Å². The largest absolute Gasteiger partial charge is 0.355 e. The molecule has 0 aromatic carbocycles. The van der Waals surface area contributed by atoms with E-state index in [1.54, 1.807) is 12.4 Å². The van der Waals surface area contributed by atoms with Gasteiger partial charge in [0.1, 0.15) is 11.0 Å². The minimum Gasteiger partial charge on any atom is -0.355 e. The number of hydrogen-bond acceptors (Lipinski definition) is 4. The van der Waals surface area contributed by atoms with Gasteiger partial charge in [0.15, 0.2) is 0 Å². The summed E-state index contributed by atoms with van der Waals surface area (Å²) in [6.07, 6.45) is 5.55. The van der Waals surface area contributed by atoms with E-state index in [0.29, 0.717) is 5.15 Å². The lowest BCUT2D eigenvalue weighted by atomic mass is 9.90. The van der Waals surface area contributed by atoms with E-state index < -0.39 is 0 Å². The third-order valence-electron chi connectivity index (χ3n) is 3.39. The summed E-state index contributed by atoms with van der Waals surface area (Å²) in [5.74, 6) is 0.880. The Hall–Kier alpha value is -0.870. The molecule has 0 spiro atoms. The van der Waals surface area contributed by atoms with Crippen molar-refractivity contribution in [3.63, 3.8) is 0 Å². The van der Waals surface area contributed by atoms with Crippen LogP contribution in [0.4, 0.5) is 5.82 Å². The second-order valence-corrected chi connectivity index (χ2v) is 4.88. The molecule has 0 radical (unpaired) electrons. The monoisotopic (exact) mass is 240 g/mol. The van der Waals surface area contributed by atoms with Crippen LogP contribution in [0.25, 0.3) is 0 Å². The van der Waals surface area contributed by atoms with E-state index in [0.717, 1.165) is 31.7 Å². The summed E-state index contributed by atoms with van der Waals surface area (Å²) in [6.45, 7) is 4.24. The predicted octanol–water partition coefficient (Wildman–Crippen LogP) is 1.71. The van der Waals surface area contributed by atoms with Crippen LogP contribution in [0.3, 0.4) is 0 Å². The van der Waals surface area contributed by atoms with Crippen LogP contribution in [0.1, 0.15) is 19.8 Å². The lowest BCUT2D eigenvalue weighted by Gasteiger charge is -2.39. The van der Waals surface area contributed by atoms with Crippen LogP contribution in [0.15, 0.2) is 12.4 Å². The summed E-state index contributed by atoms with van der Waals surface area (Å²) < 4.78 is 0. The van der Waals surface area contributed by atoms with E-state index in [-0.39, 0.29) is 5.54 Å². The molecule has 4 nitrogen and oxygen atoms in total. The van der Waals surface area contributed by atoms with Gasteiger partial charge >= 0.3 is 0 Å². The van der Waals surface area contributed by atoms with Gasteiger partial charge in [0.25, 0.3) is 0 Å². The number of anilines is 1. The normalized spacial score (nSPS) is 19.8. The molecule has 1 N–H and O–H groups in total. The summed E-state index contributed by atoms with van der Waals surface area (Å²) in [5, 5.41) is 3.83. The molecule has 1 saturated heterocycles. The summed E-state index contributed by atoms with van der Waals surface area (Å²) in [4.78, 5) is 10.6. The van der Waals surface area contributed by atoms with Gasteiger partial charge in [-0.2, -0.15) is 0 Å². The fourth-order valence-corrected chi connectivity index (χ4v) is 2.11. The van der Waals surface area contributed by atoms with Crippen molar-refractivity contribution in [2.24, 2.45) is 0 Å². The van der Waals surface area contributed by atoms with Gasteiger partial charge in [-0.15, -0.1) is 0 Å². The van der Waals surface area contributed by atoms with Crippen LogP contribution in [0, 0.1) is 0 Å². The van der Waals surface area contributed by atoms with Crippen LogP contribution in [0.5, 0.6) is 0 Å². The number of nitrogens with one attached hydrogen (secondary N) is 1. The van der Waals surface area contributed by atoms with Gasteiger partial charge in [-0.3, -0.25) is 4.98 Å². The zero-order valence-electron chi connectivity index (χ0n) is 9.70. The number of rotatable bonds is 2. The fraction of sp³-hybridized carbons (Fsp3) is 0.636. The maximum absolute atomic E-state index is 5.83. The van der Waals surface area contributed by atoms with Crippen LogP contribution < -0.4 is 10.2 Å². The molecule has 88 valence electrons. The zero-order chi connectivity index (χ0) is 11.6. The van der Waals surface area contributed by atoms with Crippen molar-refractivity contribution in [3.8, 4) is 0 Å². The number of piperidine rings is 1. The van der Waals surface area contributed by atoms with Crippen molar-refractivity contribution in [1.82, 2.24) is 15.3 Å². The lowest BCUT2D eigenvalue weighted by Crippen LogP contribution is -2.50. The maximum Gasteiger partial charge on any atom is 0.149 e. The van der Waals surface area contributed by atoms with Gasteiger partial charge in [0.05, 0.1) is 12.4 Å². The van der Waals surface area contributed by atoms with Crippen molar-refractivity contribution in [2.75, 3.05) is 25.0 Å². The van der Waals surface area contributed by atoms with Gasteiger partial charge in [-0.25, -0.2) is 4.98 Å². The molecule has 1 aliphatic rings. The number of aromatic nitrogens is 2. The molecule has 1 aliphatic heterocycles. The molecule has 0 aliphatic carbocycles. The molecule has 1 aromatic heterocycles. The van der Waals surface area contributed by atoms with E-state index >= 15 is 0 Å². The Morgan fingerprint density at radius 2 is 2.06 bits per heavy atom. The summed E-state index contributed by atoms with van der Waals surface area (Å²) in [5.41, 5.74) is 0.252. The molecule has 2 rings (SSSR count). The SMILES string of the molecule is CNC1(C)CCN(c2cncc(Cl)n2)CC1. The highest BCUT2D eigenvalue weighted by Gasteiger charge is 2.28. The van der Waals surface area contributed by atoms with Crippen molar-refractivity contribution >= 4 is 17.4 Å². The topological polar surface area (TPSA) is 41.0 Å². The average molecular weight is 241 g/mol. The third-order valence-corrected chi connectivity index (χ3v) is 3.57. The minimum atomic E-state index is 0.252. The van der Waals surface area contributed by atoms with E-state index in [9.17, 15) is 0 Å². The molecule has 2 heterocycles. The first-order valence-corrected chi connectivity index (χ1v) is 5.92. The molecular weight excluding hydrogens is 224 g/mol. The molecule has 0 unspecified atom stereocenters. The van der Waals surface area contributed by atoms with E-state index in [2.05, 4.69) is 27.1 Å². The second kappa shape index (κ2) is 4.55. The minimum absolute atomic E-state index is 0.252. The second-order valence-electron chi connectivity index (χ2n) is 4.50. The molecule has 0 amide bonds. The molecule has 1 aromatic rings.